The van der Waals surface area contributed by atoms with Crippen molar-refractivity contribution >= 4 is 21.8 Å². The van der Waals surface area contributed by atoms with Crippen LogP contribution in [0.1, 0.15) is 31.0 Å². The van der Waals surface area contributed by atoms with Gasteiger partial charge in [0.15, 0.2) is 0 Å². The lowest BCUT2D eigenvalue weighted by molar-refractivity contribution is 0.413. The van der Waals surface area contributed by atoms with Crippen molar-refractivity contribution in [2.75, 3.05) is 7.11 Å². The number of nitrogens with one attached hydrogen (secondary N) is 1. The lowest BCUT2D eigenvalue weighted by Gasteiger charge is -2.15. The van der Waals surface area contributed by atoms with E-state index >= 15 is 0 Å². The Morgan fingerprint density at radius 3 is 2.56 bits per heavy atom. The fraction of sp³-hybridized carbons (Fsp3) is 0.250. The van der Waals surface area contributed by atoms with E-state index in [4.69, 9.17) is 4.74 Å². The largest absolute Gasteiger partial charge is 0.497 e. The van der Waals surface area contributed by atoms with Gasteiger partial charge in [-0.25, -0.2) is 0 Å². The van der Waals surface area contributed by atoms with Crippen molar-refractivity contribution in [2.24, 2.45) is 0 Å². The molecule has 0 amide bonds. The highest BCUT2D eigenvalue weighted by molar-refractivity contribution is 6.08. The summed E-state index contributed by atoms with van der Waals surface area (Å²) < 4.78 is 7.73. The molecule has 0 aliphatic heterocycles. The minimum absolute atomic E-state index is 0.257. The lowest BCUT2D eigenvalue weighted by Crippen LogP contribution is -2.18. The van der Waals surface area contributed by atoms with E-state index in [9.17, 15) is 0 Å². The number of hydrogen-bond donors (Lipinski definition) is 1. The Hall–Kier alpha value is -2.78. The Labute approximate surface area is 160 Å². The number of rotatable bonds is 6. The van der Waals surface area contributed by atoms with E-state index in [2.05, 4.69) is 78.3 Å². The molecule has 0 aliphatic carbocycles. The van der Waals surface area contributed by atoms with Gasteiger partial charge in [0.25, 0.3) is 0 Å². The summed E-state index contributed by atoms with van der Waals surface area (Å²) in [5.74, 6) is 0.898. The number of benzene rings is 3. The van der Waals surface area contributed by atoms with Crippen molar-refractivity contribution in [1.29, 1.82) is 0 Å². The molecule has 0 saturated heterocycles. The summed E-state index contributed by atoms with van der Waals surface area (Å²) >= 11 is 0. The maximum absolute atomic E-state index is 5.34. The summed E-state index contributed by atoms with van der Waals surface area (Å²) in [7, 11) is 1.71. The molecule has 3 aromatic carbocycles. The monoisotopic (exact) mass is 358 g/mol. The Morgan fingerprint density at radius 2 is 1.74 bits per heavy atom. The SMILES string of the molecule is CCn1c2ccccc2c2cc(CN[C@H](C)c3cccc(OC)c3)ccc21. The minimum atomic E-state index is 0.257. The zero-order valence-electron chi connectivity index (χ0n) is 16.2. The maximum Gasteiger partial charge on any atom is 0.119 e. The smallest absolute Gasteiger partial charge is 0.119 e. The zero-order valence-corrected chi connectivity index (χ0v) is 16.2. The molecule has 27 heavy (non-hydrogen) atoms. The van der Waals surface area contributed by atoms with Crippen LogP contribution in [0, 0.1) is 0 Å². The molecular weight excluding hydrogens is 332 g/mol. The maximum atomic E-state index is 5.34. The third-order valence-corrected chi connectivity index (χ3v) is 5.36. The highest BCUT2D eigenvalue weighted by atomic mass is 16.5. The average molecular weight is 358 g/mol. The van der Waals surface area contributed by atoms with E-state index in [0.29, 0.717) is 0 Å². The molecule has 1 N–H and O–H groups in total. The number of hydrogen-bond acceptors (Lipinski definition) is 2. The van der Waals surface area contributed by atoms with Gasteiger partial charge in [0.05, 0.1) is 7.11 Å². The molecule has 0 aliphatic rings. The van der Waals surface area contributed by atoms with Gasteiger partial charge in [-0.15, -0.1) is 0 Å². The van der Waals surface area contributed by atoms with Gasteiger partial charge in [-0.05, 0) is 55.3 Å². The molecule has 4 rings (SSSR count). The van der Waals surface area contributed by atoms with Crippen LogP contribution in [0.4, 0.5) is 0 Å². The average Bonchev–Trinajstić information content (AvgIpc) is 3.05. The van der Waals surface area contributed by atoms with Crippen LogP contribution in [0.15, 0.2) is 66.7 Å². The van der Waals surface area contributed by atoms with Gasteiger partial charge in [-0.1, -0.05) is 36.4 Å². The van der Waals surface area contributed by atoms with E-state index in [1.807, 2.05) is 12.1 Å². The van der Waals surface area contributed by atoms with Gasteiger partial charge in [-0.3, -0.25) is 0 Å². The summed E-state index contributed by atoms with van der Waals surface area (Å²) in [5, 5.41) is 6.30. The van der Waals surface area contributed by atoms with E-state index in [1.54, 1.807) is 7.11 Å². The van der Waals surface area contributed by atoms with Crippen molar-refractivity contribution < 1.29 is 4.74 Å². The second-order valence-electron chi connectivity index (χ2n) is 6.99. The first kappa shape index (κ1) is 17.6. The number of aryl methyl sites for hydroxylation is 1. The first-order valence-corrected chi connectivity index (χ1v) is 9.58. The van der Waals surface area contributed by atoms with Crippen LogP contribution in [0.3, 0.4) is 0 Å². The Bertz CT molecular complexity index is 1080. The second-order valence-corrected chi connectivity index (χ2v) is 6.99. The van der Waals surface area contributed by atoms with Crippen LogP contribution in [0.2, 0.25) is 0 Å². The normalized spacial score (nSPS) is 12.6. The van der Waals surface area contributed by atoms with Crippen molar-refractivity contribution in [3.8, 4) is 5.75 Å². The van der Waals surface area contributed by atoms with Crippen LogP contribution in [-0.2, 0) is 13.1 Å². The molecule has 0 saturated carbocycles. The van der Waals surface area contributed by atoms with Gasteiger partial charge in [0.2, 0.25) is 0 Å². The molecule has 0 spiro atoms. The molecule has 0 bridgehead atoms. The molecule has 138 valence electrons. The molecule has 0 radical (unpaired) electrons. The predicted octanol–water partition coefficient (Wildman–Crippen LogP) is 5.67. The molecule has 1 atom stereocenters. The van der Waals surface area contributed by atoms with E-state index < -0.39 is 0 Å². The number of aromatic nitrogens is 1. The Balaban J connectivity index is 1.60. The van der Waals surface area contributed by atoms with Crippen LogP contribution in [0.25, 0.3) is 21.8 Å². The summed E-state index contributed by atoms with van der Waals surface area (Å²) in [6.07, 6.45) is 0. The quantitative estimate of drug-likeness (QED) is 0.480. The predicted molar refractivity (Wildman–Crippen MR) is 113 cm³/mol. The fourth-order valence-corrected chi connectivity index (χ4v) is 3.85. The molecule has 3 nitrogen and oxygen atoms in total. The van der Waals surface area contributed by atoms with Crippen LogP contribution in [-0.4, -0.2) is 11.7 Å². The van der Waals surface area contributed by atoms with E-state index in [1.165, 1.54) is 32.9 Å². The highest BCUT2D eigenvalue weighted by Crippen LogP contribution is 2.30. The third kappa shape index (κ3) is 3.31. The Kier molecular flexibility index (Phi) is 4.87. The summed E-state index contributed by atoms with van der Waals surface area (Å²) in [5.41, 5.74) is 5.16. The summed E-state index contributed by atoms with van der Waals surface area (Å²) in [4.78, 5) is 0. The van der Waals surface area contributed by atoms with Crippen LogP contribution in [0.5, 0.6) is 5.75 Å². The molecular formula is C24H26N2O. The first-order valence-electron chi connectivity index (χ1n) is 9.58. The van der Waals surface area contributed by atoms with Crippen LogP contribution < -0.4 is 10.1 Å². The van der Waals surface area contributed by atoms with Crippen LogP contribution >= 0.6 is 0 Å². The number of nitrogens with zero attached hydrogens (tertiary/aromatic N) is 1. The standard InChI is InChI=1S/C24H26N2O/c1-4-26-23-11-6-5-10-21(23)22-14-18(12-13-24(22)26)16-25-17(2)19-8-7-9-20(15-19)27-3/h5-15,17,25H,4,16H2,1-3H3/t17-/m1/s1. The van der Waals surface area contributed by atoms with Gasteiger partial charge >= 0.3 is 0 Å². The van der Waals surface area contributed by atoms with Gasteiger partial charge in [0.1, 0.15) is 5.75 Å². The number of para-hydroxylation sites is 1. The number of ether oxygens (including phenoxy) is 1. The summed E-state index contributed by atoms with van der Waals surface area (Å²) in [6, 6.07) is 24.0. The summed E-state index contributed by atoms with van der Waals surface area (Å²) in [6.45, 7) is 6.21. The number of methoxy groups -OCH3 is 1. The van der Waals surface area contributed by atoms with Gasteiger partial charge in [-0.2, -0.15) is 0 Å². The molecule has 0 fully saturated rings. The van der Waals surface area contributed by atoms with Gasteiger partial charge < -0.3 is 14.6 Å². The molecule has 0 unspecified atom stereocenters. The Morgan fingerprint density at radius 1 is 0.926 bits per heavy atom. The van der Waals surface area contributed by atoms with E-state index in [-0.39, 0.29) is 6.04 Å². The minimum Gasteiger partial charge on any atom is -0.497 e. The molecule has 4 aromatic rings. The molecule has 1 heterocycles. The highest BCUT2D eigenvalue weighted by Gasteiger charge is 2.11. The molecule has 3 heteroatoms. The van der Waals surface area contributed by atoms with Crippen molar-refractivity contribution in [3.63, 3.8) is 0 Å². The van der Waals surface area contributed by atoms with E-state index in [0.717, 1.165) is 18.8 Å². The topological polar surface area (TPSA) is 26.2 Å². The fourth-order valence-electron chi connectivity index (χ4n) is 3.85. The first-order chi connectivity index (χ1) is 13.2. The third-order valence-electron chi connectivity index (χ3n) is 5.36. The second kappa shape index (κ2) is 7.45. The van der Waals surface area contributed by atoms with Crippen molar-refractivity contribution in [1.82, 2.24) is 9.88 Å². The van der Waals surface area contributed by atoms with Crippen molar-refractivity contribution in [3.05, 3.63) is 77.9 Å². The lowest BCUT2D eigenvalue weighted by atomic mass is 10.1. The number of fused-ring (bicyclic) bond motifs is 3. The zero-order chi connectivity index (χ0) is 18.8. The molecule has 1 aromatic heterocycles. The van der Waals surface area contributed by atoms with Crippen molar-refractivity contribution in [2.45, 2.75) is 33.0 Å². The van der Waals surface area contributed by atoms with Gasteiger partial charge in [0, 0.05) is 40.9 Å².